The van der Waals surface area contributed by atoms with Crippen LogP contribution in [0.5, 0.6) is 5.75 Å². The van der Waals surface area contributed by atoms with Crippen LogP contribution in [0.15, 0.2) is 71.9 Å². The molecule has 0 saturated heterocycles. The highest BCUT2D eigenvalue weighted by Gasteiger charge is 2.27. The highest BCUT2D eigenvalue weighted by Crippen LogP contribution is 2.38. The summed E-state index contributed by atoms with van der Waals surface area (Å²) in [7, 11) is 1.56. The number of aryl methyl sites for hydroxylation is 1. The van der Waals surface area contributed by atoms with Crippen LogP contribution in [0.25, 0.3) is 11.4 Å². The van der Waals surface area contributed by atoms with Crippen LogP contribution in [0.3, 0.4) is 0 Å². The zero-order valence-electron chi connectivity index (χ0n) is 18.3. The Labute approximate surface area is 211 Å². The van der Waals surface area contributed by atoms with Crippen molar-refractivity contribution < 1.29 is 9.53 Å². The van der Waals surface area contributed by atoms with Crippen molar-refractivity contribution in [1.82, 2.24) is 14.9 Å². The van der Waals surface area contributed by atoms with E-state index in [9.17, 15) is 4.79 Å². The molecule has 4 aromatic rings. The fourth-order valence-corrected chi connectivity index (χ4v) is 4.67. The molecule has 0 unspecified atom stereocenters. The number of hydrogen-bond acceptors (Lipinski definition) is 6. The Bertz CT molecular complexity index is 1330. The van der Waals surface area contributed by atoms with Crippen LogP contribution in [0.4, 0.5) is 5.69 Å². The maximum atomic E-state index is 13.5. The van der Waals surface area contributed by atoms with E-state index in [1.54, 1.807) is 25.3 Å². The molecule has 0 bridgehead atoms. The summed E-state index contributed by atoms with van der Waals surface area (Å²) >= 11 is 13.6. The molecule has 0 spiro atoms. The molecule has 0 aliphatic rings. The molecule has 1 aromatic heterocycles. The molecule has 0 saturated carbocycles. The number of nitrogen functional groups attached to an aromatic ring is 1. The van der Waals surface area contributed by atoms with E-state index >= 15 is 0 Å². The van der Waals surface area contributed by atoms with Gasteiger partial charge in [-0.05, 0) is 48.4 Å². The maximum absolute atomic E-state index is 13.5. The quantitative estimate of drug-likeness (QED) is 0.241. The Morgan fingerprint density at radius 1 is 1.09 bits per heavy atom. The van der Waals surface area contributed by atoms with Crippen LogP contribution in [0.2, 0.25) is 10.0 Å². The van der Waals surface area contributed by atoms with Gasteiger partial charge in [-0.15, -0.1) is 10.2 Å². The molecule has 0 aliphatic heterocycles. The van der Waals surface area contributed by atoms with Crippen molar-refractivity contribution in [3.8, 4) is 17.1 Å². The van der Waals surface area contributed by atoms with Crippen molar-refractivity contribution in [1.29, 1.82) is 0 Å². The summed E-state index contributed by atoms with van der Waals surface area (Å²) < 4.78 is 6.71. The number of ether oxygens (including phenoxy) is 1. The van der Waals surface area contributed by atoms with Crippen molar-refractivity contribution in [2.24, 2.45) is 0 Å². The molecule has 174 valence electrons. The lowest BCUT2D eigenvalue weighted by molar-refractivity contribution is -0.115. The number of hydrogen-bond donors (Lipinski definition) is 2. The SMILES string of the molecule is COc1ccc(C)cc1NC(=O)[C@H](Sc1nnc(-c2cc(Cl)ccc2Cl)n1N)c1ccccc1. The molecule has 1 amide bonds. The molecule has 3 N–H and O–H groups in total. The standard InChI is InChI=1S/C24H21Cl2N5O2S/c1-14-8-11-20(33-2)19(12-14)28-23(32)21(15-6-4-3-5-7-15)34-24-30-29-22(31(24)27)17-13-16(25)9-10-18(17)26/h3-13,21H,27H2,1-2H3,(H,28,32)/t21-/m1/s1. The first-order valence-corrected chi connectivity index (χ1v) is 11.8. The highest BCUT2D eigenvalue weighted by atomic mass is 35.5. The molecule has 4 rings (SSSR count). The Morgan fingerprint density at radius 2 is 1.85 bits per heavy atom. The number of rotatable bonds is 7. The van der Waals surface area contributed by atoms with Crippen LogP contribution < -0.4 is 15.9 Å². The van der Waals surface area contributed by atoms with Gasteiger partial charge in [0.2, 0.25) is 11.1 Å². The second kappa shape index (κ2) is 10.4. The summed E-state index contributed by atoms with van der Waals surface area (Å²) in [5.74, 6) is 6.96. The lowest BCUT2D eigenvalue weighted by Gasteiger charge is -2.18. The minimum absolute atomic E-state index is 0.259. The Hall–Kier alpha value is -3.20. The number of aromatic nitrogens is 3. The fourth-order valence-electron chi connectivity index (χ4n) is 3.33. The average Bonchev–Trinajstić information content (AvgIpc) is 3.19. The summed E-state index contributed by atoms with van der Waals surface area (Å²) in [5, 5.41) is 12.0. The number of benzene rings is 3. The molecule has 0 fully saturated rings. The lowest BCUT2D eigenvalue weighted by atomic mass is 10.1. The minimum atomic E-state index is -0.666. The summed E-state index contributed by atoms with van der Waals surface area (Å²) in [6.45, 7) is 1.94. The van der Waals surface area contributed by atoms with Crippen LogP contribution in [0, 0.1) is 6.92 Å². The molecule has 3 aromatic carbocycles. The predicted octanol–water partition coefficient (Wildman–Crippen LogP) is 5.75. The molecule has 10 heteroatoms. The molecule has 34 heavy (non-hydrogen) atoms. The third-order valence-electron chi connectivity index (χ3n) is 5.01. The van der Waals surface area contributed by atoms with Gasteiger partial charge in [-0.25, -0.2) is 4.68 Å². The number of methoxy groups -OCH3 is 1. The lowest BCUT2D eigenvalue weighted by Crippen LogP contribution is -2.21. The van der Waals surface area contributed by atoms with E-state index in [4.69, 9.17) is 33.8 Å². The van der Waals surface area contributed by atoms with Gasteiger partial charge >= 0.3 is 0 Å². The van der Waals surface area contributed by atoms with E-state index in [-0.39, 0.29) is 5.91 Å². The Morgan fingerprint density at radius 3 is 2.59 bits per heavy atom. The van der Waals surface area contributed by atoms with Crippen molar-refractivity contribution in [3.63, 3.8) is 0 Å². The predicted molar refractivity (Wildman–Crippen MR) is 137 cm³/mol. The van der Waals surface area contributed by atoms with Gasteiger partial charge in [0.05, 0.1) is 17.8 Å². The third-order valence-corrected chi connectivity index (χ3v) is 6.79. The van der Waals surface area contributed by atoms with Crippen LogP contribution in [-0.2, 0) is 4.79 Å². The number of thioether (sulfide) groups is 1. The van der Waals surface area contributed by atoms with Gasteiger partial charge in [-0.2, -0.15) is 0 Å². The van der Waals surface area contributed by atoms with E-state index in [0.29, 0.717) is 38.0 Å². The van der Waals surface area contributed by atoms with Crippen LogP contribution in [-0.4, -0.2) is 27.9 Å². The Kier molecular flexibility index (Phi) is 7.31. The van der Waals surface area contributed by atoms with Gasteiger partial charge in [-0.1, -0.05) is 71.4 Å². The first kappa shape index (κ1) is 23.9. The number of amides is 1. The van der Waals surface area contributed by atoms with E-state index < -0.39 is 5.25 Å². The van der Waals surface area contributed by atoms with Gasteiger partial charge in [0.1, 0.15) is 11.0 Å². The molecule has 1 atom stereocenters. The molecular formula is C24H21Cl2N5O2S. The van der Waals surface area contributed by atoms with Crippen molar-refractivity contribution >= 4 is 46.6 Å². The number of anilines is 1. The van der Waals surface area contributed by atoms with Crippen molar-refractivity contribution in [2.75, 3.05) is 18.3 Å². The van der Waals surface area contributed by atoms with E-state index in [1.807, 2.05) is 55.5 Å². The molecule has 1 heterocycles. The van der Waals surface area contributed by atoms with Crippen LogP contribution >= 0.6 is 35.0 Å². The monoisotopic (exact) mass is 513 g/mol. The summed E-state index contributed by atoms with van der Waals surface area (Å²) in [6.07, 6.45) is 0. The van der Waals surface area contributed by atoms with Gasteiger partial charge in [0, 0.05) is 10.6 Å². The second-order valence-electron chi connectivity index (χ2n) is 7.40. The molecule has 7 nitrogen and oxygen atoms in total. The van der Waals surface area contributed by atoms with Crippen molar-refractivity contribution in [3.05, 3.63) is 87.9 Å². The first-order valence-electron chi connectivity index (χ1n) is 10.2. The molecule has 0 radical (unpaired) electrons. The largest absolute Gasteiger partial charge is 0.495 e. The number of carbonyl (C=O) groups is 1. The van der Waals surface area contributed by atoms with E-state index in [0.717, 1.165) is 11.1 Å². The Balaban J connectivity index is 1.67. The smallest absolute Gasteiger partial charge is 0.242 e. The topological polar surface area (TPSA) is 95.1 Å². The summed E-state index contributed by atoms with van der Waals surface area (Å²) in [4.78, 5) is 13.5. The highest BCUT2D eigenvalue weighted by molar-refractivity contribution is 8.00. The summed E-state index contributed by atoms with van der Waals surface area (Å²) in [5.41, 5.74) is 2.89. The summed E-state index contributed by atoms with van der Waals surface area (Å²) in [6, 6.07) is 20.0. The van der Waals surface area contributed by atoms with Gasteiger partial charge in [0.25, 0.3) is 0 Å². The number of nitrogens with zero attached hydrogens (tertiary/aromatic N) is 3. The maximum Gasteiger partial charge on any atom is 0.242 e. The average molecular weight is 514 g/mol. The number of halogens is 2. The van der Waals surface area contributed by atoms with E-state index in [1.165, 1.54) is 16.4 Å². The fraction of sp³-hybridized carbons (Fsp3) is 0.125. The zero-order chi connectivity index (χ0) is 24.2. The minimum Gasteiger partial charge on any atom is -0.495 e. The van der Waals surface area contributed by atoms with Crippen LogP contribution in [0.1, 0.15) is 16.4 Å². The number of nitrogens with one attached hydrogen (secondary N) is 1. The van der Waals surface area contributed by atoms with Gasteiger partial charge in [0.15, 0.2) is 5.82 Å². The third kappa shape index (κ3) is 5.14. The van der Waals surface area contributed by atoms with Crippen molar-refractivity contribution in [2.45, 2.75) is 17.3 Å². The number of carbonyl (C=O) groups excluding carboxylic acids is 1. The second-order valence-corrected chi connectivity index (χ2v) is 9.32. The number of nitrogens with two attached hydrogens (primary N) is 1. The van der Waals surface area contributed by atoms with Gasteiger partial charge in [-0.3, -0.25) is 4.79 Å². The first-order chi connectivity index (χ1) is 16.4. The van der Waals surface area contributed by atoms with Gasteiger partial charge < -0.3 is 15.9 Å². The zero-order valence-corrected chi connectivity index (χ0v) is 20.7. The molecule has 0 aliphatic carbocycles. The normalized spacial score (nSPS) is 11.8. The van der Waals surface area contributed by atoms with E-state index in [2.05, 4.69) is 15.5 Å². The molecular weight excluding hydrogens is 493 g/mol.